The van der Waals surface area contributed by atoms with Gasteiger partial charge in [0.25, 0.3) is 5.91 Å². The first kappa shape index (κ1) is 19.9. The Labute approximate surface area is 176 Å². The number of carbonyl (C=O) groups is 1. The molecule has 2 aromatic rings. The summed E-state index contributed by atoms with van der Waals surface area (Å²) in [5, 5.41) is 2.62. The van der Waals surface area contributed by atoms with Gasteiger partial charge in [0, 0.05) is 0 Å². The maximum Gasteiger partial charge on any atom is 0.263 e. The van der Waals surface area contributed by atoms with E-state index in [1.807, 2.05) is 31.2 Å². The first-order valence-electron chi connectivity index (χ1n) is 8.36. The van der Waals surface area contributed by atoms with Crippen molar-refractivity contribution in [1.29, 1.82) is 0 Å². The molecule has 4 nitrogen and oxygen atoms in total. The molecule has 1 N–H and O–H groups in total. The molecule has 1 heterocycles. The van der Waals surface area contributed by atoms with Crippen molar-refractivity contribution in [2.24, 2.45) is 0 Å². The normalized spacial score (nSPS) is 15.1. The Kier molecular flexibility index (Phi) is 6.57. The predicted octanol–water partition coefficient (Wildman–Crippen LogP) is 5.22. The third-order valence-electron chi connectivity index (χ3n) is 3.74. The van der Waals surface area contributed by atoms with Gasteiger partial charge in [-0.2, -0.15) is 0 Å². The quantitative estimate of drug-likeness (QED) is 0.469. The second-order valence-corrected chi connectivity index (χ2v) is 8.47. The molecule has 2 aromatic carbocycles. The highest BCUT2D eigenvalue weighted by atomic mass is 79.9. The van der Waals surface area contributed by atoms with Crippen LogP contribution in [0.2, 0.25) is 0 Å². The molecule has 1 saturated heterocycles. The van der Waals surface area contributed by atoms with Gasteiger partial charge in [-0.15, -0.1) is 0 Å². The van der Waals surface area contributed by atoms with Crippen LogP contribution in [0.15, 0.2) is 45.8 Å². The molecule has 7 heteroatoms. The van der Waals surface area contributed by atoms with Crippen LogP contribution in [0.25, 0.3) is 6.08 Å². The van der Waals surface area contributed by atoms with Gasteiger partial charge in [0.2, 0.25) is 0 Å². The fourth-order valence-electron chi connectivity index (χ4n) is 2.60. The molecule has 0 unspecified atom stereocenters. The summed E-state index contributed by atoms with van der Waals surface area (Å²) < 4.78 is 13.0. The summed E-state index contributed by atoms with van der Waals surface area (Å²) in [7, 11) is 0. The van der Waals surface area contributed by atoms with E-state index >= 15 is 0 Å². The number of benzene rings is 2. The van der Waals surface area contributed by atoms with Crippen LogP contribution in [-0.4, -0.2) is 16.8 Å². The minimum atomic E-state index is -0.182. The zero-order valence-corrected chi connectivity index (χ0v) is 18.1. The molecular weight excluding hydrogens is 446 g/mol. The number of hydrogen-bond acceptors (Lipinski definition) is 5. The topological polar surface area (TPSA) is 47.6 Å². The number of thiocarbonyl (C=S) groups is 1. The van der Waals surface area contributed by atoms with Crippen molar-refractivity contribution >= 4 is 56.2 Å². The fourth-order valence-corrected chi connectivity index (χ4v) is 4.22. The van der Waals surface area contributed by atoms with Crippen LogP contribution < -0.4 is 14.8 Å². The molecule has 0 saturated carbocycles. The highest BCUT2D eigenvalue weighted by molar-refractivity contribution is 9.10. The predicted molar refractivity (Wildman–Crippen MR) is 117 cm³/mol. The molecule has 1 aliphatic heterocycles. The first-order chi connectivity index (χ1) is 13.0. The van der Waals surface area contributed by atoms with E-state index in [0.29, 0.717) is 33.9 Å². The van der Waals surface area contributed by atoms with E-state index in [9.17, 15) is 4.79 Å². The van der Waals surface area contributed by atoms with Crippen LogP contribution >= 0.6 is 39.9 Å². The highest BCUT2D eigenvalue weighted by Gasteiger charge is 2.22. The number of rotatable bonds is 6. The van der Waals surface area contributed by atoms with Gasteiger partial charge in [0.1, 0.15) is 10.9 Å². The number of halogens is 1. The van der Waals surface area contributed by atoms with Crippen molar-refractivity contribution in [3.05, 3.63) is 62.5 Å². The average molecular weight is 464 g/mol. The second-order valence-electron chi connectivity index (χ2n) is 5.89. The van der Waals surface area contributed by atoms with Gasteiger partial charge in [-0.25, -0.2) is 0 Å². The minimum Gasteiger partial charge on any atom is -0.490 e. The lowest BCUT2D eigenvalue weighted by Gasteiger charge is -2.15. The van der Waals surface area contributed by atoms with Crippen LogP contribution in [0, 0.1) is 6.92 Å². The lowest BCUT2D eigenvalue weighted by molar-refractivity contribution is -0.115. The molecule has 140 valence electrons. The van der Waals surface area contributed by atoms with Crippen LogP contribution in [0.5, 0.6) is 11.5 Å². The minimum absolute atomic E-state index is 0.182. The van der Waals surface area contributed by atoms with Gasteiger partial charge in [-0.3, -0.25) is 4.79 Å². The van der Waals surface area contributed by atoms with E-state index in [2.05, 4.69) is 40.3 Å². The van der Waals surface area contributed by atoms with Gasteiger partial charge in [-0.05, 0) is 59.1 Å². The average Bonchev–Trinajstić information content (AvgIpc) is 2.91. The number of ether oxygens (including phenoxy) is 2. The first-order valence-corrected chi connectivity index (χ1v) is 10.4. The van der Waals surface area contributed by atoms with E-state index in [1.54, 1.807) is 6.08 Å². The Bertz CT molecular complexity index is 927. The van der Waals surface area contributed by atoms with Crippen molar-refractivity contribution in [2.75, 3.05) is 6.61 Å². The Morgan fingerprint density at radius 3 is 2.74 bits per heavy atom. The van der Waals surface area contributed by atoms with Crippen molar-refractivity contribution in [3.63, 3.8) is 0 Å². The van der Waals surface area contributed by atoms with Crippen LogP contribution in [0.3, 0.4) is 0 Å². The largest absolute Gasteiger partial charge is 0.490 e. The van der Waals surface area contributed by atoms with Gasteiger partial charge in [0.05, 0.1) is 16.0 Å². The fraction of sp³-hybridized carbons (Fsp3) is 0.200. The zero-order valence-electron chi connectivity index (χ0n) is 14.9. The molecule has 0 atom stereocenters. The smallest absolute Gasteiger partial charge is 0.263 e. The monoisotopic (exact) mass is 463 g/mol. The molecule has 0 aliphatic carbocycles. The van der Waals surface area contributed by atoms with Crippen LogP contribution in [0.4, 0.5) is 0 Å². The molecular formula is C20H18BrNO3S2. The number of amides is 1. The Morgan fingerprint density at radius 1 is 1.26 bits per heavy atom. The zero-order chi connectivity index (χ0) is 19.4. The van der Waals surface area contributed by atoms with Crippen molar-refractivity contribution in [2.45, 2.75) is 20.5 Å². The summed E-state index contributed by atoms with van der Waals surface area (Å²) >= 11 is 9.85. The molecule has 1 fully saturated rings. The van der Waals surface area contributed by atoms with E-state index in [4.69, 9.17) is 21.7 Å². The standard InChI is InChI=1S/C20H18BrNO3S2/c1-3-24-16-9-14(10-17-19(23)22-20(26)27-17)8-15(21)18(16)25-11-13-6-4-5-12(2)7-13/h4-10H,3,11H2,1-2H3,(H,22,23,26)/b17-10+. The molecule has 1 amide bonds. The van der Waals surface area contributed by atoms with E-state index in [0.717, 1.165) is 15.6 Å². The van der Waals surface area contributed by atoms with Gasteiger partial charge >= 0.3 is 0 Å². The van der Waals surface area contributed by atoms with E-state index < -0.39 is 0 Å². The maximum atomic E-state index is 11.9. The molecule has 0 aromatic heterocycles. The maximum absolute atomic E-state index is 11.9. The Morgan fingerprint density at radius 2 is 2.07 bits per heavy atom. The van der Waals surface area contributed by atoms with Crippen molar-refractivity contribution in [1.82, 2.24) is 5.32 Å². The number of thioether (sulfide) groups is 1. The second kappa shape index (κ2) is 8.91. The van der Waals surface area contributed by atoms with Crippen molar-refractivity contribution < 1.29 is 14.3 Å². The van der Waals surface area contributed by atoms with Gasteiger partial charge in [-0.1, -0.05) is 53.8 Å². The number of carbonyl (C=O) groups excluding carboxylic acids is 1. The SMILES string of the molecule is CCOc1cc(/C=C2/SC(=S)NC2=O)cc(Br)c1OCc1cccc(C)c1. The number of nitrogens with one attached hydrogen (secondary N) is 1. The highest BCUT2D eigenvalue weighted by Crippen LogP contribution is 2.39. The lowest BCUT2D eigenvalue weighted by atomic mass is 10.1. The summed E-state index contributed by atoms with van der Waals surface area (Å²) in [5.41, 5.74) is 3.10. The summed E-state index contributed by atoms with van der Waals surface area (Å²) in [6.07, 6.45) is 1.79. The number of hydrogen-bond donors (Lipinski definition) is 1. The van der Waals surface area contributed by atoms with Crippen LogP contribution in [0.1, 0.15) is 23.6 Å². The summed E-state index contributed by atoms with van der Waals surface area (Å²) in [6, 6.07) is 11.9. The third kappa shape index (κ3) is 5.12. The van der Waals surface area contributed by atoms with E-state index in [1.165, 1.54) is 17.3 Å². The summed E-state index contributed by atoms with van der Waals surface area (Å²) in [5.74, 6) is 1.08. The molecule has 0 radical (unpaired) electrons. The number of aryl methyl sites for hydroxylation is 1. The van der Waals surface area contributed by atoms with Crippen LogP contribution in [-0.2, 0) is 11.4 Å². The van der Waals surface area contributed by atoms with Crippen molar-refractivity contribution in [3.8, 4) is 11.5 Å². The molecule has 27 heavy (non-hydrogen) atoms. The Balaban J connectivity index is 1.87. The third-order valence-corrected chi connectivity index (χ3v) is 5.49. The summed E-state index contributed by atoms with van der Waals surface area (Å²) in [6.45, 7) is 4.91. The Hall–Kier alpha value is -1.83. The lowest BCUT2D eigenvalue weighted by Crippen LogP contribution is -2.17. The van der Waals surface area contributed by atoms with Gasteiger partial charge < -0.3 is 14.8 Å². The molecule has 3 rings (SSSR count). The van der Waals surface area contributed by atoms with E-state index in [-0.39, 0.29) is 5.91 Å². The molecule has 0 bridgehead atoms. The molecule has 1 aliphatic rings. The van der Waals surface area contributed by atoms with Gasteiger partial charge in [0.15, 0.2) is 11.5 Å². The molecule has 0 spiro atoms. The summed E-state index contributed by atoms with van der Waals surface area (Å²) in [4.78, 5) is 12.4.